The number of nitrogen functional groups attached to an aromatic ring is 1. The average molecular weight is 420 g/mol. The first-order valence-electron chi connectivity index (χ1n) is 8.94. The Hall–Kier alpha value is -3.07. The van der Waals surface area contributed by atoms with E-state index in [0.717, 1.165) is 5.56 Å². The van der Waals surface area contributed by atoms with Gasteiger partial charge in [-0.05, 0) is 43.7 Å². The van der Waals surface area contributed by atoms with Gasteiger partial charge in [0, 0.05) is 6.54 Å². The molecule has 0 aliphatic rings. The largest absolute Gasteiger partial charge is 0.484 e. The molecule has 3 N–H and O–H groups in total. The van der Waals surface area contributed by atoms with Crippen LogP contribution in [-0.4, -0.2) is 39.3 Å². The lowest BCUT2D eigenvalue weighted by molar-refractivity contribution is -0.140. The summed E-state index contributed by atoms with van der Waals surface area (Å²) in [5.74, 6) is -1.36. The number of carbonyl (C=O) groups excluding carboxylic acids is 2. The number of sulfone groups is 1. The molecule has 0 bridgehead atoms. The monoisotopic (exact) mass is 420 g/mol. The summed E-state index contributed by atoms with van der Waals surface area (Å²) in [5.41, 5.74) is 7.54. The van der Waals surface area contributed by atoms with E-state index < -0.39 is 21.6 Å². The van der Waals surface area contributed by atoms with Gasteiger partial charge in [0.2, 0.25) is 0 Å². The van der Waals surface area contributed by atoms with E-state index >= 15 is 0 Å². The Labute approximate surface area is 169 Å². The molecule has 2 aromatic rings. The molecule has 0 aliphatic carbocycles. The summed E-state index contributed by atoms with van der Waals surface area (Å²) in [6.45, 7) is 3.64. The quantitative estimate of drug-likeness (QED) is 0.466. The van der Waals surface area contributed by atoms with E-state index in [9.17, 15) is 18.0 Å². The van der Waals surface area contributed by atoms with E-state index in [-0.39, 0.29) is 36.2 Å². The summed E-state index contributed by atoms with van der Waals surface area (Å²) in [6.07, 6.45) is 0. The lowest BCUT2D eigenvalue weighted by atomic mass is 10.2. The van der Waals surface area contributed by atoms with Crippen LogP contribution in [-0.2, 0) is 30.7 Å². The van der Waals surface area contributed by atoms with Crippen LogP contribution in [0.15, 0.2) is 47.4 Å². The Kier molecular flexibility index (Phi) is 7.60. The third kappa shape index (κ3) is 6.79. The number of carbonyl (C=O) groups is 2. The predicted molar refractivity (Wildman–Crippen MR) is 108 cm³/mol. The van der Waals surface area contributed by atoms with Crippen LogP contribution in [0.1, 0.15) is 18.1 Å². The first-order valence-corrected chi connectivity index (χ1v) is 10.6. The molecule has 29 heavy (non-hydrogen) atoms. The third-order valence-corrected chi connectivity index (χ3v) is 5.56. The molecule has 156 valence electrons. The number of benzene rings is 2. The van der Waals surface area contributed by atoms with Crippen molar-refractivity contribution in [1.82, 2.24) is 5.32 Å². The van der Waals surface area contributed by atoms with E-state index in [0.29, 0.717) is 11.3 Å². The standard InChI is InChI=1S/C20H24N2O6S/c1-3-27-20(24)13-29(25,26)18-9-6-15(10-17(18)21)11-22-19(23)12-28-16-7-4-14(2)5-8-16/h4-10H,3,11-13,21H2,1-2H3,(H,22,23). The molecule has 2 aromatic carbocycles. The Morgan fingerprint density at radius 3 is 2.41 bits per heavy atom. The van der Waals surface area contributed by atoms with E-state index in [1.54, 1.807) is 19.1 Å². The average Bonchev–Trinajstić information content (AvgIpc) is 2.65. The van der Waals surface area contributed by atoms with Crippen molar-refractivity contribution >= 4 is 27.4 Å². The number of rotatable bonds is 9. The third-order valence-electron chi connectivity index (χ3n) is 3.90. The maximum absolute atomic E-state index is 12.3. The Bertz CT molecular complexity index is 971. The summed E-state index contributed by atoms with van der Waals surface area (Å²) >= 11 is 0. The second-order valence-electron chi connectivity index (χ2n) is 6.31. The normalized spacial score (nSPS) is 11.0. The molecule has 0 unspecified atom stereocenters. The fourth-order valence-electron chi connectivity index (χ4n) is 2.46. The smallest absolute Gasteiger partial charge is 0.321 e. The van der Waals surface area contributed by atoms with Gasteiger partial charge >= 0.3 is 5.97 Å². The lowest BCUT2D eigenvalue weighted by Gasteiger charge is -2.11. The molecule has 0 radical (unpaired) electrons. The molecule has 0 aliphatic heterocycles. The summed E-state index contributed by atoms with van der Waals surface area (Å²) in [4.78, 5) is 23.3. The minimum Gasteiger partial charge on any atom is -0.484 e. The van der Waals surface area contributed by atoms with E-state index in [2.05, 4.69) is 10.1 Å². The van der Waals surface area contributed by atoms with E-state index in [1.807, 2.05) is 19.1 Å². The number of aryl methyl sites for hydroxylation is 1. The van der Waals surface area contributed by atoms with Gasteiger partial charge in [0.1, 0.15) is 5.75 Å². The predicted octanol–water partition coefficient (Wildman–Crippen LogP) is 1.61. The molecule has 9 heteroatoms. The summed E-state index contributed by atoms with van der Waals surface area (Å²) in [6, 6.07) is 11.6. The zero-order chi connectivity index (χ0) is 21.4. The van der Waals surface area contributed by atoms with Crippen LogP contribution < -0.4 is 15.8 Å². The molecule has 0 saturated carbocycles. The van der Waals surface area contributed by atoms with Gasteiger partial charge in [0.25, 0.3) is 5.91 Å². The SMILES string of the molecule is CCOC(=O)CS(=O)(=O)c1ccc(CNC(=O)COc2ccc(C)cc2)cc1N. The van der Waals surface area contributed by atoms with Crippen molar-refractivity contribution in [3.63, 3.8) is 0 Å². The van der Waals surface area contributed by atoms with Gasteiger partial charge in [-0.15, -0.1) is 0 Å². The number of hydrogen-bond donors (Lipinski definition) is 2. The lowest BCUT2D eigenvalue weighted by Crippen LogP contribution is -2.28. The van der Waals surface area contributed by atoms with Crippen molar-refractivity contribution in [2.75, 3.05) is 24.7 Å². The van der Waals surface area contributed by atoms with E-state index in [4.69, 9.17) is 10.5 Å². The van der Waals surface area contributed by atoms with Crippen molar-refractivity contribution in [2.45, 2.75) is 25.3 Å². The van der Waals surface area contributed by atoms with Crippen LogP contribution in [0, 0.1) is 6.92 Å². The molecule has 2 rings (SSSR count). The van der Waals surface area contributed by atoms with Crippen molar-refractivity contribution in [1.29, 1.82) is 0 Å². The zero-order valence-electron chi connectivity index (χ0n) is 16.3. The van der Waals surface area contributed by atoms with Gasteiger partial charge in [-0.25, -0.2) is 8.42 Å². The molecule has 0 aromatic heterocycles. The van der Waals surface area contributed by atoms with Gasteiger partial charge in [-0.3, -0.25) is 9.59 Å². The van der Waals surface area contributed by atoms with E-state index in [1.165, 1.54) is 18.2 Å². The highest BCUT2D eigenvalue weighted by Gasteiger charge is 2.22. The van der Waals surface area contributed by atoms with Crippen molar-refractivity contribution in [3.05, 3.63) is 53.6 Å². The Morgan fingerprint density at radius 2 is 1.79 bits per heavy atom. The fraction of sp³-hybridized carbons (Fsp3) is 0.300. The van der Waals surface area contributed by atoms with Crippen LogP contribution in [0.4, 0.5) is 5.69 Å². The number of nitrogens with one attached hydrogen (secondary N) is 1. The van der Waals surface area contributed by atoms with Gasteiger partial charge in [0.15, 0.2) is 22.2 Å². The summed E-state index contributed by atoms with van der Waals surface area (Å²) in [7, 11) is -3.91. The second-order valence-corrected chi connectivity index (χ2v) is 8.27. The molecule has 0 heterocycles. The molecular formula is C20H24N2O6S. The summed E-state index contributed by atoms with van der Waals surface area (Å²) in [5, 5.41) is 2.67. The molecule has 0 atom stereocenters. The van der Waals surface area contributed by atoms with Crippen molar-refractivity contribution < 1.29 is 27.5 Å². The van der Waals surface area contributed by atoms with Crippen LogP contribution in [0.5, 0.6) is 5.75 Å². The first-order chi connectivity index (χ1) is 13.7. The Morgan fingerprint density at radius 1 is 1.10 bits per heavy atom. The highest BCUT2D eigenvalue weighted by Crippen LogP contribution is 2.21. The molecule has 1 amide bonds. The molecule has 0 saturated heterocycles. The number of nitrogens with two attached hydrogens (primary N) is 1. The summed E-state index contributed by atoms with van der Waals surface area (Å²) < 4.78 is 34.6. The minimum absolute atomic E-state index is 0.00282. The van der Waals surface area contributed by atoms with Gasteiger partial charge in [-0.1, -0.05) is 23.8 Å². The van der Waals surface area contributed by atoms with Crippen LogP contribution in [0.25, 0.3) is 0 Å². The van der Waals surface area contributed by atoms with Crippen LogP contribution in [0.3, 0.4) is 0 Å². The van der Waals surface area contributed by atoms with Crippen molar-refractivity contribution in [3.8, 4) is 5.75 Å². The van der Waals surface area contributed by atoms with Crippen molar-refractivity contribution in [2.24, 2.45) is 0 Å². The zero-order valence-corrected chi connectivity index (χ0v) is 17.1. The maximum atomic E-state index is 12.3. The maximum Gasteiger partial charge on any atom is 0.321 e. The molecule has 0 spiro atoms. The topological polar surface area (TPSA) is 125 Å². The van der Waals surface area contributed by atoms with Crippen LogP contribution >= 0.6 is 0 Å². The first kappa shape index (κ1) is 22.2. The Balaban J connectivity index is 1.92. The molecular weight excluding hydrogens is 396 g/mol. The number of hydrogen-bond acceptors (Lipinski definition) is 7. The highest BCUT2D eigenvalue weighted by molar-refractivity contribution is 7.92. The number of ether oxygens (including phenoxy) is 2. The van der Waals surface area contributed by atoms with Gasteiger partial charge in [-0.2, -0.15) is 0 Å². The highest BCUT2D eigenvalue weighted by atomic mass is 32.2. The van der Waals surface area contributed by atoms with Gasteiger partial charge in [0.05, 0.1) is 17.2 Å². The second kappa shape index (κ2) is 9.92. The number of amides is 1. The number of esters is 1. The number of anilines is 1. The molecule has 0 fully saturated rings. The minimum atomic E-state index is -3.91. The van der Waals surface area contributed by atoms with Crippen LogP contribution in [0.2, 0.25) is 0 Å². The van der Waals surface area contributed by atoms with Gasteiger partial charge < -0.3 is 20.5 Å². The fourth-order valence-corrected chi connectivity index (χ4v) is 3.70. The molecule has 8 nitrogen and oxygen atoms in total.